The van der Waals surface area contributed by atoms with Crippen LogP contribution in [0.1, 0.15) is 22.3 Å². The average Bonchev–Trinajstić information content (AvgIpc) is 2.44. The Bertz CT molecular complexity index is 597. The van der Waals surface area contributed by atoms with Gasteiger partial charge in [0, 0.05) is 12.2 Å². The van der Waals surface area contributed by atoms with Crippen molar-refractivity contribution in [1.82, 2.24) is 5.32 Å². The van der Waals surface area contributed by atoms with Crippen molar-refractivity contribution in [2.24, 2.45) is 0 Å². The second-order valence-electron chi connectivity index (χ2n) is 5.41. The molecule has 0 saturated carbocycles. The van der Waals surface area contributed by atoms with Gasteiger partial charge >= 0.3 is 0 Å². The zero-order chi connectivity index (χ0) is 15.2. The van der Waals surface area contributed by atoms with Gasteiger partial charge < -0.3 is 10.6 Å². The minimum absolute atomic E-state index is 0.0130. The van der Waals surface area contributed by atoms with Crippen LogP contribution < -0.4 is 10.6 Å². The lowest BCUT2D eigenvalue weighted by molar-refractivity contribution is -0.115. The fourth-order valence-electron chi connectivity index (χ4n) is 2.48. The number of anilines is 1. The third-order valence-electron chi connectivity index (χ3n) is 3.40. The summed E-state index contributed by atoms with van der Waals surface area (Å²) in [5.74, 6) is -0.0130. The van der Waals surface area contributed by atoms with E-state index < -0.39 is 0 Å². The second kappa shape index (κ2) is 7.04. The van der Waals surface area contributed by atoms with Gasteiger partial charge in [0.2, 0.25) is 5.91 Å². The number of carbonyl (C=O) groups excluding carboxylic acids is 1. The standard InChI is InChI=1S/C18H22N2O/c1-13-9-14(2)18(15(3)10-13)20-17(21)12-19-11-16-7-5-4-6-8-16/h4-10,19H,11-12H2,1-3H3,(H,20,21). The van der Waals surface area contributed by atoms with E-state index in [2.05, 4.69) is 29.7 Å². The van der Waals surface area contributed by atoms with E-state index in [-0.39, 0.29) is 5.91 Å². The van der Waals surface area contributed by atoms with Crippen molar-refractivity contribution in [1.29, 1.82) is 0 Å². The summed E-state index contributed by atoms with van der Waals surface area (Å²) < 4.78 is 0. The van der Waals surface area contributed by atoms with Crippen LogP contribution in [0.5, 0.6) is 0 Å². The van der Waals surface area contributed by atoms with Crippen molar-refractivity contribution in [3.05, 3.63) is 64.7 Å². The monoisotopic (exact) mass is 282 g/mol. The van der Waals surface area contributed by atoms with E-state index in [4.69, 9.17) is 0 Å². The van der Waals surface area contributed by atoms with Gasteiger partial charge in [-0.15, -0.1) is 0 Å². The van der Waals surface area contributed by atoms with E-state index in [1.54, 1.807) is 0 Å². The average molecular weight is 282 g/mol. The Morgan fingerprint density at radius 2 is 1.62 bits per heavy atom. The van der Waals surface area contributed by atoms with E-state index >= 15 is 0 Å². The van der Waals surface area contributed by atoms with Crippen LogP contribution in [-0.4, -0.2) is 12.5 Å². The molecule has 3 nitrogen and oxygen atoms in total. The van der Waals surface area contributed by atoms with E-state index in [0.717, 1.165) is 16.8 Å². The summed E-state index contributed by atoms with van der Waals surface area (Å²) in [6, 6.07) is 14.2. The number of rotatable bonds is 5. The topological polar surface area (TPSA) is 41.1 Å². The lowest BCUT2D eigenvalue weighted by Gasteiger charge is -2.13. The first kappa shape index (κ1) is 15.3. The molecule has 2 rings (SSSR count). The van der Waals surface area contributed by atoms with Crippen molar-refractivity contribution in [2.45, 2.75) is 27.3 Å². The predicted molar refractivity (Wildman–Crippen MR) is 87.4 cm³/mol. The van der Waals surface area contributed by atoms with Gasteiger partial charge in [-0.2, -0.15) is 0 Å². The minimum atomic E-state index is -0.0130. The largest absolute Gasteiger partial charge is 0.324 e. The number of hydrogen-bond donors (Lipinski definition) is 2. The first-order valence-corrected chi connectivity index (χ1v) is 7.18. The van der Waals surface area contributed by atoms with Crippen LogP contribution in [0.25, 0.3) is 0 Å². The van der Waals surface area contributed by atoms with Gasteiger partial charge in [-0.1, -0.05) is 48.0 Å². The van der Waals surface area contributed by atoms with Crippen molar-refractivity contribution < 1.29 is 4.79 Å². The predicted octanol–water partition coefficient (Wildman–Crippen LogP) is 3.34. The molecule has 0 aliphatic heterocycles. The maximum atomic E-state index is 12.0. The second-order valence-corrected chi connectivity index (χ2v) is 5.41. The molecule has 0 aliphatic rings. The highest BCUT2D eigenvalue weighted by molar-refractivity contribution is 5.93. The third kappa shape index (κ3) is 4.43. The number of hydrogen-bond acceptors (Lipinski definition) is 2. The molecule has 0 aliphatic carbocycles. The first-order valence-electron chi connectivity index (χ1n) is 7.18. The van der Waals surface area contributed by atoms with Gasteiger partial charge in [0.05, 0.1) is 6.54 Å². The maximum absolute atomic E-state index is 12.0. The molecule has 0 unspecified atom stereocenters. The van der Waals surface area contributed by atoms with E-state index in [9.17, 15) is 4.79 Å². The molecule has 3 heteroatoms. The number of aryl methyl sites for hydroxylation is 3. The molecule has 2 aromatic carbocycles. The summed E-state index contributed by atoms with van der Waals surface area (Å²) in [6.45, 7) is 7.11. The minimum Gasteiger partial charge on any atom is -0.324 e. The molecule has 2 aromatic rings. The van der Waals surface area contributed by atoms with Crippen LogP contribution in [0.4, 0.5) is 5.69 Å². The van der Waals surface area contributed by atoms with Crippen LogP contribution >= 0.6 is 0 Å². The number of carbonyl (C=O) groups is 1. The molecule has 2 N–H and O–H groups in total. The first-order chi connectivity index (χ1) is 10.1. The van der Waals surface area contributed by atoms with Gasteiger partial charge in [0.25, 0.3) is 0 Å². The molecule has 0 radical (unpaired) electrons. The van der Waals surface area contributed by atoms with Crippen LogP contribution in [0.3, 0.4) is 0 Å². The molecule has 0 bridgehead atoms. The smallest absolute Gasteiger partial charge is 0.238 e. The van der Waals surface area contributed by atoms with E-state index in [0.29, 0.717) is 13.1 Å². The number of nitrogens with one attached hydrogen (secondary N) is 2. The van der Waals surface area contributed by atoms with E-state index in [1.165, 1.54) is 11.1 Å². The van der Waals surface area contributed by atoms with Crippen molar-refractivity contribution in [3.63, 3.8) is 0 Å². The molecule has 0 spiro atoms. The van der Waals surface area contributed by atoms with Crippen molar-refractivity contribution in [2.75, 3.05) is 11.9 Å². The Morgan fingerprint density at radius 3 is 2.24 bits per heavy atom. The molecular formula is C18H22N2O. The van der Waals surface area contributed by atoms with Gasteiger partial charge in [0.1, 0.15) is 0 Å². The van der Waals surface area contributed by atoms with Crippen molar-refractivity contribution in [3.8, 4) is 0 Å². The molecule has 0 saturated heterocycles. The van der Waals surface area contributed by atoms with E-state index in [1.807, 2.05) is 44.2 Å². The Labute approximate surface area is 126 Å². The van der Waals surface area contributed by atoms with Gasteiger partial charge in [-0.3, -0.25) is 4.79 Å². The van der Waals surface area contributed by atoms with Crippen LogP contribution in [0.15, 0.2) is 42.5 Å². The summed E-state index contributed by atoms with van der Waals surface area (Å²) in [6.07, 6.45) is 0. The third-order valence-corrected chi connectivity index (χ3v) is 3.40. The summed E-state index contributed by atoms with van der Waals surface area (Å²) in [7, 11) is 0. The number of amides is 1. The molecule has 0 fully saturated rings. The van der Waals surface area contributed by atoms with Gasteiger partial charge in [-0.05, 0) is 37.5 Å². The molecule has 0 aromatic heterocycles. The van der Waals surface area contributed by atoms with Crippen LogP contribution in [0, 0.1) is 20.8 Å². The summed E-state index contributed by atoms with van der Waals surface area (Å²) >= 11 is 0. The molecule has 110 valence electrons. The summed E-state index contributed by atoms with van der Waals surface area (Å²) in [4.78, 5) is 12.0. The van der Waals surface area contributed by atoms with Gasteiger partial charge in [-0.25, -0.2) is 0 Å². The van der Waals surface area contributed by atoms with Crippen LogP contribution in [-0.2, 0) is 11.3 Å². The molecular weight excluding hydrogens is 260 g/mol. The van der Waals surface area contributed by atoms with Crippen molar-refractivity contribution >= 4 is 11.6 Å². The molecule has 1 amide bonds. The quantitative estimate of drug-likeness (QED) is 0.883. The fourth-order valence-corrected chi connectivity index (χ4v) is 2.48. The molecule has 0 atom stereocenters. The maximum Gasteiger partial charge on any atom is 0.238 e. The Morgan fingerprint density at radius 1 is 1.00 bits per heavy atom. The zero-order valence-corrected chi connectivity index (χ0v) is 12.9. The SMILES string of the molecule is Cc1cc(C)c(NC(=O)CNCc2ccccc2)c(C)c1. The lowest BCUT2D eigenvalue weighted by atomic mass is 10.1. The normalized spacial score (nSPS) is 10.4. The Balaban J connectivity index is 1.88. The number of benzene rings is 2. The zero-order valence-electron chi connectivity index (χ0n) is 12.9. The summed E-state index contributed by atoms with van der Waals surface area (Å²) in [5.41, 5.74) is 5.51. The highest BCUT2D eigenvalue weighted by Crippen LogP contribution is 2.21. The highest BCUT2D eigenvalue weighted by Gasteiger charge is 2.07. The van der Waals surface area contributed by atoms with Crippen LogP contribution in [0.2, 0.25) is 0 Å². The van der Waals surface area contributed by atoms with Gasteiger partial charge in [0.15, 0.2) is 0 Å². The molecule has 0 heterocycles. The Hall–Kier alpha value is -2.13. The lowest BCUT2D eigenvalue weighted by Crippen LogP contribution is -2.28. The summed E-state index contributed by atoms with van der Waals surface area (Å²) in [5, 5.41) is 6.15. The molecule has 21 heavy (non-hydrogen) atoms. The Kier molecular flexibility index (Phi) is 5.12. The highest BCUT2D eigenvalue weighted by atomic mass is 16.1. The fraction of sp³-hybridized carbons (Fsp3) is 0.278.